The fourth-order valence-electron chi connectivity index (χ4n) is 3.28. The van der Waals surface area contributed by atoms with Gasteiger partial charge in [-0.1, -0.05) is 6.07 Å². The van der Waals surface area contributed by atoms with Gasteiger partial charge in [-0.25, -0.2) is 0 Å². The predicted octanol–water partition coefficient (Wildman–Crippen LogP) is 3.03. The molecule has 2 heterocycles. The Hall–Kier alpha value is -2.30. The fraction of sp³-hybridized carbons (Fsp3) is 0.412. The third kappa shape index (κ3) is 2.84. The maximum atomic E-state index is 12.9. The van der Waals surface area contributed by atoms with E-state index in [2.05, 4.69) is 4.98 Å². The van der Waals surface area contributed by atoms with Crippen LogP contribution in [0, 0.1) is 0 Å². The number of hydrogen-bond acceptors (Lipinski definition) is 2. The summed E-state index contributed by atoms with van der Waals surface area (Å²) in [4.78, 5) is 28.7. The van der Waals surface area contributed by atoms with Crippen molar-refractivity contribution in [3.05, 3.63) is 36.0 Å². The summed E-state index contributed by atoms with van der Waals surface area (Å²) in [6.45, 7) is 0.712. The second-order valence-electron chi connectivity index (χ2n) is 5.83. The highest BCUT2D eigenvalue weighted by molar-refractivity contribution is 6.06. The minimum Gasteiger partial charge on any atom is -0.481 e. The van der Waals surface area contributed by atoms with Gasteiger partial charge in [0.25, 0.3) is 5.91 Å². The molecule has 5 nitrogen and oxygen atoms in total. The molecule has 1 aromatic heterocycles. The summed E-state index contributed by atoms with van der Waals surface area (Å²) in [6.07, 6.45) is 5.41. The van der Waals surface area contributed by atoms with Gasteiger partial charge in [0.05, 0.1) is 0 Å². The average molecular weight is 300 g/mol. The lowest BCUT2D eigenvalue weighted by atomic mass is 9.96. The van der Waals surface area contributed by atoms with Crippen LogP contribution in [-0.2, 0) is 4.79 Å². The molecular weight excluding hydrogens is 280 g/mol. The van der Waals surface area contributed by atoms with E-state index in [9.17, 15) is 9.59 Å². The number of H-pyrrole nitrogens is 1. The molecule has 5 heteroatoms. The Labute approximate surface area is 128 Å². The van der Waals surface area contributed by atoms with Crippen LogP contribution in [0.5, 0.6) is 0 Å². The van der Waals surface area contributed by atoms with Gasteiger partial charge in [0.2, 0.25) is 0 Å². The van der Waals surface area contributed by atoms with Crippen LogP contribution in [0.1, 0.15) is 42.5 Å². The third-order valence-corrected chi connectivity index (χ3v) is 4.40. The lowest BCUT2D eigenvalue weighted by Gasteiger charge is -2.36. The Morgan fingerprint density at radius 3 is 2.95 bits per heavy atom. The van der Waals surface area contributed by atoms with E-state index in [1.54, 1.807) is 0 Å². The first-order valence-corrected chi connectivity index (χ1v) is 7.75. The van der Waals surface area contributed by atoms with Crippen molar-refractivity contribution in [2.75, 3.05) is 6.54 Å². The van der Waals surface area contributed by atoms with Gasteiger partial charge >= 0.3 is 5.97 Å². The first-order valence-electron chi connectivity index (χ1n) is 7.75. The molecule has 1 unspecified atom stereocenters. The molecule has 116 valence electrons. The summed E-state index contributed by atoms with van der Waals surface area (Å²) in [5.74, 6) is -0.786. The maximum absolute atomic E-state index is 12.9. The van der Waals surface area contributed by atoms with Crippen molar-refractivity contribution in [2.45, 2.75) is 38.1 Å². The molecule has 1 saturated heterocycles. The molecule has 0 saturated carbocycles. The number of rotatable bonds is 4. The summed E-state index contributed by atoms with van der Waals surface area (Å²) in [5.41, 5.74) is 1.64. The lowest BCUT2D eigenvalue weighted by Crippen LogP contribution is -2.44. The normalized spacial score (nSPS) is 18.5. The number of nitrogens with zero attached hydrogens (tertiary/aromatic N) is 1. The quantitative estimate of drug-likeness (QED) is 0.911. The van der Waals surface area contributed by atoms with Crippen LogP contribution < -0.4 is 0 Å². The molecule has 22 heavy (non-hydrogen) atoms. The Bertz CT molecular complexity index is 692. The first-order chi connectivity index (χ1) is 10.7. The number of benzene rings is 1. The number of amides is 1. The van der Waals surface area contributed by atoms with Gasteiger partial charge in [0.15, 0.2) is 0 Å². The van der Waals surface area contributed by atoms with Gasteiger partial charge in [0.1, 0.15) is 0 Å². The van der Waals surface area contributed by atoms with Crippen LogP contribution in [0.4, 0.5) is 0 Å². The highest BCUT2D eigenvalue weighted by atomic mass is 16.4. The van der Waals surface area contributed by atoms with Crippen LogP contribution in [0.25, 0.3) is 10.9 Å². The van der Waals surface area contributed by atoms with Crippen molar-refractivity contribution in [1.29, 1.82) is 0 Å². The summed E-state index contributed by atoms with van der Waals surface area (Å²) in [6, 6.07) is 7.62. The number of aliphatic carboxylic acids is 1. The molecule has 1 fully saturated rings. The van der Waals surface area contributed by atoms with E-state index in [1.807, 2.05) is 35.4 Å². The Morgan fingerprint density at radius 2 is 2.14 bits per heavy atom. The number of likely N-dealkylation sites (tertiary alicyclic amines) is 1. The number of carboxylic acids is 1. The Kier molecular flexibility index (Phi) is 4.13. The number of carbonyl (C=O) groups is 2. The van der Waals surface area contributed by atoms with Crippen LogP contribution in [0.15, 0.2) is 30.5 Å². The summed E-state index contributed by atoms with van der Waals surface area (Å²) in [7, 11) is 0. The molecule has 0 aliphatic carbocycles. The number of fused-ring (bicyclic) bond motifs is 1. The standard InChI is InChI=1S/C17H20N2O3/c20-16(21)8-7-12-4-1-2-11-19(12)17(22)14-5-3-6-15-13(14)9-10-18-15/h3,5-6,9-10,12,18H,1-2,4,7-8,11H2,(H,20,21). The maximum Gasteiger partial charge on any atom is 0.303 e. The topological polar surface area (TPSA) is 73.4 Å². The van der Waals surface area contributed by atoms with Crippen molar-refractivity contribution in [2.24, 2.45) is 0 Å². The minimum atomic E-state index is -0.800. The van der Waals surface area contributed by atoms with E-state index in [1.165, 1.54) is 0 Å². The fourth-order valence-corrected chi connectivity index (χ4v) is 3.28. The van der Waals surface area contributed by atoms with Crippen molar-refractivity contribution >= 4 is 22.8 Å². The minimum absolute atomic E-state index is 0.0142. The van der Waals surface area contributed by atoms with Gasteiger partial charge in [0, 0.05) is 41.7 Å². The van der Waals surface area contributed by atoms with Gasteiger partial charge < -0.3 is 15.0 Å². The predicted molar refractivity (Wildman–Crippen MR) is 83.8 cm³/mol. The smallest absolute Gasteiger partial charge is 0.303 e. The highest BCUT2D eigenvalue weighted by Crippen LogP contribution is 2.26. The SMILES string of the molecule is O=C(O)CCC1CCCCN1C(=O)c1cccc2[nH]ccc12. The molecule has 0 spiro atoms. The van der Waals surface area contributed by atoms with Crippen molar-refractivity contribution in [3.63, 3.8) is 0 Å². The zero-order chi connectivity index (χ0) is 15.5. The Balaban J connectivity index is 1.85. The molecule has 1 aliphatic heterocycles. The van der Waals surface area contributed by atoms with E-state index in [0.717, 1.165) is 30.2 Å². The molecule has 2 aromatic rings. The number of nitrogens with one attached hydrogen (secondary N) is 1. The number of carboxylic acid groups (broad SMARTS) is 1. The monoisotopic (exact) mass is 300 g/mol. The molecule has 0 bridgehead atoms. The lowest BCUT2D eigenvalue weighted by molar-refractivity contribution is -0.137. The van der Waals surface area contributed by atoms with Gasteiger partial charge in [-0.15, -0.1) is 0 Å². The first kappa shape index (κ1) is 14.6. The van der Waals surface area contributed by atoms with Crippen molar-refractivity contribution in [1.82, 2.24) is 9.88 Å². The van der Waals surface area contributed by atoms with Crippen LogP contribution in [0.2, 0.25) is 0 Å². The molecule has 3 rings (SSSR count). The van der Waals surface area contributed by atoms with Gasteiger partial charge in [-0.3, -0.25) is 9.59 Å². The van der Waals surface area contributed by atoms with Crippen molar-refractivity contribution in [3.8, 4) is 0 Å². The molecule has 1 amide bonds. The van der Waals surface area contributed by atoms with Crippen molar-refractivity contribution < 1.29 is 14.7 Å². The largest absolute Gasteiger partial charge is 0.481 e. The van der Waals surface area contributed by atoms with E-state index in [0.29, 0.717) is 18.5 Å². The number of hydrogen-bond donors (Lipinski definition) is 2. The molecule has 1 aromatic carbocycles. The molecule has 1 aliphatic rings. The van der Waals surface area contributed by atoms with E-state index >= 15 is 0 Å². The van der Waals surface area contributed by atoms with E-state index in [4.69, 9.17) is 5.11 Å². The summed E-state index contributed by atoms with van der Waals surface area (Å²) >= 11 is 0. The average Bonchev–Trinajstić information content (AvgIpc) is 3.01. The number of aromatic amines is 1. The highest BCUT2D eigenvalue weighted by Gasteiger charge is 2.28. The van der Waals surface area contributed by atoms with Crippen LogP contribution >= 0.6 is 0 Å². The second-order valence-corrected chi connectivity index (χ2v) is 5.83. The summed E-state index contributed by atoms with van der Waals surface area (Å²) < 4.78 is 0. The van der Waals surface area contributed by atoms with Gasteiger partial charge in [-0.05, 0) is 43.9 Å². The second kappa shape index (κ2) is 6.22. The molecule has 1 atom stereocenters. The molecular formula is C17H20N2O3. The van der Waals surface area contributed by atoms with Crippen LogP contribution in [0.3, 0.4) is 0 Å². The Morgan fingerprint density at radius 1 is 1.27 bits per heavy atom. The summed E-state index contributed by atoms with van der Waals surface area (Å²) in [5, 5.41) is 9.82. The molecule has 2 N–H and O–H groups in total. The third-order valence-electron chi connectivity index (χ3n) is 4.40. The number of piperidine rings is 1. The molecule has 0 radical (unpaired) electrons. The zero-order valence-corrected chi connectivity index (χ0v) is 12.4. The van der Waals surface area contributed by atoms with Crippen LogP contribution in [-0.4, -0.2) is 39.5 Å². The zero-order valence-electron chi connectivity index (χ0n) is 12.4. The number of carbonyl (C=O) groups excluding carboxylic acids is 1. The van der Waals surface area contributed by atoms with E-state index < -0.39 is 5.97 Å². The van der Waals surface area contributed by atoms with Gasteiger partial charge in [-0.2, -0.15) is 0 Å². The van der Waals surface area contributed by atoms with E-state index in [-0.39, 0.29) is 18.4 Å². The number of aromatic nitrogens is 1.